The first-order chi connectivity index (χ1) is 11.8. The molecule has 0 N–H and O–H groups in total. The second kappa shape index (κ2) is 9.61. The summed E-state index contributed by atoms with van der Waals surface area (Å²) in [6, 6.07) is 6.79. The minimum atomic E-state index is -4.95. The van der Waals surface area contributed by atoms with Gasteiger partial charge in [0.15, 0.2) is 0 Å². The summed E-state index contributed by atoms with van der Waals surface area (Å²) < 4.78 is 50.8. The number of allylic oxidation sites excluding steroid dienone is 1. The zero-order valence-electron chi connectivity index (χ0n) is 14.8. The number of halogens is 3. The fraction of sp³-hybridized carbons (Fsp3) is 0.526. The van der Waals surface area contributed by atoms with Crippen molar-refractivity contribution in [2.24, 2.45) is 0 Å². The Bertz CT molecular complexity index is 555. The molecule has 3 nitrogen and oxygen atoms in total. The molecule has 0 amide bonds. The monoisotopic (exact) mass is 358 g/mol. The van der Waals surface area contributed by atoms with Crippen LogP contribution in [0.15, 0.2) is 42.5 Å². The van der Waals surface area contributed by atoms with E-state index in [4.69, 9.17) is 4.74 Å². The van der Waals surface area contributed by atoms with Crippen LogP contribution in [0, 0.1) is 0 Å². The molecule has 0 radical (unpaired) electrons. The van der Waals surface area contributed by atoms with E-state index in [1.54, 1.807) is 12.1 Å². The van der Waals surface area contributed by atoms with Gasteiger partial charge in [-0.3, -0.25) is 0 Å². The minimum absolute atomic E-state index is 0.311. The van der Waals surface area contributed by atoms with Gasteiger partial charge in [0.05, 0.1) is 0 Å². The lowest BCUT2D eigenvalue weighted by atomic mass is 9.92. The second-order valence-electron chi connectivity index (χ2n) is 5.78. The van der Waals surface area contributed by atoms with E-state index in [0.717, 1.165) is 32.8 Å². The number of esters is 1. The van der Waals surface area contributed by atoms with Gasteiger partial charge in [-0.15, -0.1) is 0 Å². The first-order valence-electron chi connectivity index (χ1n) is 8.34. The molecule has 0 aliphatic heterocycles. The van der Waals surface area contributed by atoms with Gasteiger partial charge >= 0.3 is 12.1 Å². The molecule has 0 aliphatic carbocycles. The van der Waals surface area contributed by atoms with Crippen molar-refractivity contribution in [3.8, 4) is 0 Å². The van der Waals surface area contributed by atoms with E-state index >= 15 is 0 Å². The Morgan fingerprint density at radius 2 is 1.84 bits per heavy atom. The number of methoxy groups -OCH3 is 1. The van der Waals surface area contributed by atoms with Crippen molar-refractivity contribution >= 4 is 5.97 Å². The molecule has 0 aromatic heterocycles. The first kappa shape index (κ1) is 21.2. The molecule has 25 heavy (non-hydrogen) atoms. The summed E-state index contributed by atoms with van der Waals surface area (Å²) in [5.74, 6) is -1.47. The van der Waals surface area contributed by atoms with Crippen molar-refractivity contribution in [1.29, 1.82) is 0 Å². The zero-order valence-corrected chi connectivity index (χ0v) is 14.8. The highest BCUT2D eigenvalue weighted by Gasteiger charge is 2.64. The molecule has 1 aromatic carbocycles. The Balaban J connectivity index is 2.95. The highest BCUT2D eigenvalue weighted by molar-refractivity contribution is 5.83. The third-order valence-corrected chi connectivity index (χ3v) is 3.85. The number of benzene rings is 1. The number of unbranched alkanes of at least 4 members (excludes halogenated alkanes) is 3. The van der Waals surface area contributed by atoms with Gasteiger partial charge in [-0.2, -0.15) is 13.2 Å². The van der Waals surface area contributed by atoms with Crippen LogP contribution < -0.4 is 0 Å². The molecule has 0 saturated carbocycles. The fourth-order valence-corrected chi connectivity index (χ4v) is 2.48. The summed E-state index contributed by atoms with van der Waals surface area (Å²) in [5.41, 5.74) is -3.45. The number of hydrogen-bond donors (Lipinski definition) is 0. The van der Waals surface area contributed by atoms with Crippen LogP contribution in [-0.4, -0.2) is 25.4 Å². The van der Waals surface area contributed by atoms with Crippen LogP contribution in [0.3, 0.4) is 0 Å². The van der Waals surface area contributed by atoms with Crippen molar-refractivity contribution in [1.82, 2.24) is 0 Å². The maximum Gasteiger partial charge on any atom is 0.432 e. The third-order valence-electron chi connectivity index (χ3n) is 3.85. The number of carbonyl (C=O) groups is 1. The SMILES string of the molecule is CCCCC/C=C/[C@H](C)OC(=O)C(OC)(c1ccccc1)C(F)(F)F. The predicted molar refractivity (Wildman–Crippen MR) is 90.0 cm³/mol. The molecular weight excluding hydrogens is 333 g/mol. The molecule has 140 valence electrons. The van der Waals surface area contributed by atoms with Crippen molar-refractivity contribution < 1.29 is 27.4 Å². The van der Waals surface area contributed by atoms with Gasteiger partial charge in [0.25, 0.3) is 5.60 Å². The Morgan fingerprint density at radius 1 is 1.20 bits per heavy atom. The molecule has 1 rings (SSSR count). The molecule has 0 spiro atoms. The summed E-state index contributed by atoms with van der Waals surface area (Å²) in [4.78, 5) is 12.4. The van der Waals surface area contributed by atoms with Crippen LogP contribution in [0.5, 0.6) is 0 Å². The standard InChI is InChI=1S/C19H25F3O3/c1-4-5-6-7-9-12-15(2)25-17(23)18(24-3,19(20,21)22)16-13-10-8-11-14-16/h8-15H,4-7H2,1-3H3/b12-9+/t15-,18?/m0/s1. The maximum absolute atomic E-state index is 13.7. The van der Waals surface area contributed by atoms with Gasteiger partial charge in [0, 0.05) is 12.7 Å². The molecule has 1 aromatic rings. The van der Waals surface area contributed by atoms with E-state index in [9.17, 15) is 18.0 Å². The van der Waals surface area contributed by atoms with E-state index in [-0.39, 0.29) is 5.56 Å². The maximum atomic E-state index is 13.7. The van der Waals surface area contributed by atoms with E-state index in [2.05, 4.69) is 11.7 Å². The lowest BCUT2D eigenvalue weighted by Crippen LogP contribution is -2.52. The Hall–Kier alpha value is -1.82. The summed E-state index contributed by atoms with van der Waals surface area (Å²) in [6.07, 6.45) is 1.61. The van der Waals surface area contributed by atoms with Gasteiger partial charge < -0.3 is 9.47 Å². The summed E-state index contributed by atoms with van der Waals surface area (Å²) in [6.45, 7) is 3.61. The van der Waals surface area contributed by atoms with E-state index in [0.29, 0.717) is 0 Å². The van der Waals surface area contributed by atoms with Crippen LogP contribution in [0.4, 0.5) is 13.2 Å². The van der Waals surface area contributed by atoms with E-state index in [1.165, 1.54) is 31.2 Å². The second-order valence-corrected chi connectivity index (χ2v) is 5.78. The van der Waals surface area contributed by atoms with E-state index in [1.807, 2.05) is 6.08 Å². The van der Waals surface area contributed by atoms with Gasteiger partial charge in [0.2, 0.25) is 0 Å². The van der Waals surface area contributed by atoms with Gasteiger partial charge in [-0.1, -0.05) is 56.2 Å². The molecule has 0 bridgehead atoms. The largest absolute Gasteiger partial charge is 0.456 e. The molecule has 1 unspecified atom stereocenters. The van der Waals surface area contributed by atoms with Crippen LogP contribution in [0.2, 0.25) is 0 Å². The summed E-state index contributed by atoms with van der Waals surface area (Å²) in [5, 5.41) is 0. The van der Waals surface area contributed by atoms with Crippen LogP contribution >= 0.6 is 0 Å². The molecule has 0 saturated heterocycles. The number of hydrogen-bond acceptors (Lipinski definition) is 3. The lowest BCUT2D eigenvalue weighted by Gasteiger charge is -2.33. The van der Waals surface area contributed by atoms with Crippen molar-refractivity contribution in [2.45, 2.75) is 57.4 Å². The Morgan fingerprint density at radius 3 is 2.36 bits per heavy atom. The fourth-order valence-electron chi connectivity index (χ4n) is 2.48. The summed E-state index contributed by atoms with van der Waals surface area (Å²) >= 11 is 0. The molecular formula is C19H25F3O3. The predicted octanol–water partition coefficient (Wildman–Crippen LogP) is 5.16. The van der Waals surface area contributed by atoms with Crippen molar-refractivity contribution in [3.05, 3.63) is 48.0 Å². The van der Waals surface area contributed by atoms with Gasteiger partial charge in [-0.25, -0.2) is 4.79 Å². The normalized spacial score (nSPS) is 15.8. The van der Waals surface area contributed by atoms with Crippen LogP contribution in [0.25, 0.3) is 0 Å². The van der Waals surface area contributed by atoms with Crippen molar-refractivity contribution in [2.75, 3.05) is 7.11 Å². The smallest absolute Gasteiger partial charge is 0.432 e. The lowest BCUT2D eigenvalue weighted by molar-refractivity contribution is -0.277. The summed E-state index contributed by atoms with van der Waals surface area (Å²) in [7, 11) is 0.854. The number of alkyl halides is 3. The average Bonchev–Trinajstić information content (AvgIpc) is 2.55. The zero-order chi connectivity index (χ0) is 18.9. The van der Waals surface area contributed by atoms with Gasteiger partial charge in [-0.05, 0) is 25.8 Å². The van der Waals surface area contributed by atoms with Crippen LogP contribution in [0.1, 0.15) is 45.1 Å². The molecule has 0 fully saturated rings. The molecule has 0 aliphatic rings. The average molecular weight is 358 g/mol. The first-order valence-corrected chi connectivity index (χ1v) is 8.34. The highest BCUT2D eigenvalue weighted by Crippen LogP contribution is 2.43. The quantitative estimate of drug-likeness (QED) is 0.347. The molecule has 6 heteroatoms. The number of ether oxygens (including phenoxy) is 2. The van der Waals surface area contributed by atoms with Gasteiger partial charge in [0.1, 0.15) is 6.10 Å². The van der Waals surface area contributed by atoms with E-state index < -0.39 is 23.9 Å². The van der Waals surface area contributed by atoms with Crippen molar-refractivity contribution in [3.63, 3.8) is 0 Å². The highest BCUT2D eigenvalue weighted by atomic mass is 19.4. The third kappa shape index (κ3) is 5.33. The molecule has 0 heterocycles. The minimum Gasteiger partial charge on any atom is -0.456 e. The van der Waals surface area contributed by atoms with Crippen LogP contribution in [-0.2, 0) is 19.9 Å². The number of rotatable bonds is 9. The Labute approximate surface area is 146 Å². The topological polar surface area (TPSA) is 35.5 Å². The number of carbonyl (C=O) groups excluding carboxylic acids is 1. The Kier molecular flexibility index (Phi) is 8.16. The molecule has 2 atom stereocenters.